The minimum absolute atomic E-state index is 0.0112. The van der Waals surface area contributed by atoms with E-state index in [0.29, 0.717) is 44.6 Å². The van der Waals surface area contributed by atoms with Crippen molar-refractivity contribution in [2.45, 2.75) is 50.0 Å². The van der Waals surface area contributed by atoms with Crippen LogP contribution in [-0.4, -0.2) is 59.5 Å². The minimum atomic E-state index is -0.292. The Labute approximate surface area is 136 Å². The molecule has 1 spiro atoms. The van der Waals surface area contributed by atoms with Gasteiger partial charge in [0.1, 0.15) is 5.69 Å². The number of ether oxygens (including phenoxy) is 2. The van der Waals surface area contributed by atoms with Gasteiger partial charge in [0, 0.05) is 24.8 Å². The van der Waals surface area contributed by atoms with Crippen molar-refractivity contribution in [1.29, 1.82) is 0 Å². The first-order valence-corrected chi connectivity index (χ1v) is 8.81. The summed E-state index contributed by atoms with van der Waals surface area (Å²) in [6, 6.07) is 1.97. The third-order valence-electron chi connectivity index (χ3n) is 5.59. The van der Waals surface area contributed by atoms with E-state index in [1.807, 2.05) is 11.0 Å². The van der Waals surface area contributed by atoms with Crippen LogP contribution in [0.25, 0.3) is 0 Å². The minimum Gasteiger partial charge on any atom is -0.379 e. The molecule has 0 aromatic carbocycles. The molecule has 1 N–H and O–H groups in total. The van der Waals surface area contributed by atoms with Gasteiger partial charge >= 0.3 is 0 Å². The van der Waals surface area contributed by atoms with Gasteiger partial charge in [0.2, 0.25) is 0 Å². The van der Waals surface area contributed by atoms with E-state index in [-0.39, 0.29) is 11.4 Å². The second-order valence-corrected chi connectivity index (χ2v) is 7.08. The van der Waals surface area contributed by atoms with Crippen molar-refractivity contribution < 1.29 is 14.3 Å². The van der Waals surface area contributed by atoms with Crippen LogP contribution in [0.15, 0.2) is 6.07 Å². The molecule has 2 aliphatic heterocycles. The Morgan fingerprint density at radius 2 is 2.00 bits per heavy atom. The number of morpholine rings is 1. The lowest BCUT2D eigenvalue weighted by molar-refractivity contribution is -0.0553. The fraction of sp³-hybridized carbons (Fsp3) is 0.765. The van der Waals surface area contributed by atoms with Crippen LogP contribution in [-0.2, 0) is 9.47 Å². The molecule has 23 heavy (non-hydrogen) atoms. The lowest BCUT2D eigenvalue weighted by Gasteiger charge is -2.43. The fourth-order valence-electron chi connectivity index (χ4n) is 4.18. The first kappa shape index (κ1) is 15.1. The molecule has 6 heteroatoms. The van der Waals surface area contributed by atoms with Crippen molar-refractivity contribution in [3.05, 3.63) is 17.5 Å². The van der Waals surface area contributed by atoms with Crippen molar-refractivity contribution in [3.63, 3.8) is 0 Å². The molecule has 1 unspecified atom stereocenters. The van der Waals surface area contributed by atoms with Crippen LogP contribution in [0.3, 0.4) is 0 Å². The zero-order valence-corrected chi connectivity index (χ0v) is 13.6. The maximum Gasteiger partial charge on any atom is 0.275 e. The van der Waals surface area contributed by atoms with Crippen molar-refractivity contribution in [3.8, 4) is 0 Å². The van der Waals surface area contributed by atoms with Crippen molar-refractivity contribution in [1.82, 2.24) is 15.1 Å². The van der Waals surface area contributed by atoms with Crippen LogP contribution >= 0.6 is 0 Å². The van der Waals surface area contributed by atoms with E-state index < -0.39 is 0 Å². The van der Waals surface area contributed by atoms with Gasteiger partial charge in [-0.25, -0.2) is 0 Å². The van der Waals surface area contributed by atoms with Crippen LogP contribution < -0.4 is 0 Å². The number of carbonyl (C=O) groups excluding carboxylic acids is 1. The summed E-state index contributed by atoms with van der Waals surface area (Å²) in [6.45, 7) is 3.04. The van der Waals surface area contributed by atoms with Crippen molar-refractivity contribution >= 4 is 5.91 Å². The number of hydrogen-bond acceptors (Lipinski definition) is 4. The molecule has 126 valence electrons. The average Bonchev–Trinajstić information content (AvgIpc) is 3.26. The van der Waals surface area contributed by atoms with Gasteiger partial charge in [-0.3, -0.25) is 9.89 Å². The van der Waals surface area contributed by atoms with Crippen LogP contribution in [0.5, 0.6) is 0 Å². The molecule has 2 saturated heterocycles. The quantitative estimate of drug-likeness (QED) is 0.906. The predicted molar refractivity (Wildman–Crippen MR) is 84.4 cm³/mol. The van der Waals surface area contributed by atoms with Gasteiger partial charge < -0.3 is 14.4 Å². The molecule has 4 rings (SSSR count). The number of H-pyrrole nitrogens is 1. The molecule has 1 aromatic heterocycles. The summed E-state index contributed by atoms with van der Waals surface area (Å²) in [4.78, 5) is 14.9. The highest BCUT2D eigenvalue weighted by Crippen LogP contribution is 2.33. The Kier molecular flexibility index (Phi) is 4.11. The van der Waals surface area contributed by atoms with Crippen LogP contribution in [0.1, 0.15) is 60.6 Å². The molecule has 1 aromatic rings. The third kappa shape index (κ3) is 2.78. The highest BCUT2D eigenvalue weighted by atomic mass is 16.5. The van der Waals surface area contributed by atoms with E-state index in [1.165, 1.54) is 32.1 Å². The fourth-order valence-corrected chi connectivity index (χ4v) is 4.18. The third-order valence-corrected chi connectivity index (χ3v) is 5.59. The Bertz CT molecular complexity index is 559. The number of aromatic amines is 1. The van der Waals surface area contributed by atoms with E-state index >= 15 is 0 Å². The number of aromatic nitrogens is 2. The Balaban J connectivity index is 1.52. The van der Waals surface area contributed by atoms with Gasteiger partial charge in [0.05, 0.1) is 25.4 Å². The highest BCUT2D eigenvalue weighted by Gasteiger charge is 2.46. The standard InChI is InChI=1S/C17H25N3O3/c21-16(20-7-9-23-12-17(20)6-8-22-11-17)15-10-14(18-19-15)13-4-2-1-3-5-13/h10,13H,1-9,11-12H2,(H,18,19). The summed E-state index contributed by atoms with van der Waals surface area (Å²) in [7, 11) is 0. The zero-order chi connectivity index (χ0) is 15.7. The Hall–Kier alpha value is -1.40. The molecule has 3 fully saturated rings. The number of rotatable bonds is 2. The summed E-state index contributed by atoms with van der Waals surface area (Å²) in [6.07, 6.45) is 7.12. The van der Waals surface area contributed by atoms with Crippen LogP contribution in [0, 0.1) is 0 Å². The molecule has 1 saturated carbocycles. The maximum absolute atomic E-state index is 13.0. The largest absolute Gasteiger partial charge is 0.379 e. The lowest BCUT2D eigenvalue weighted by atomic mass is 9.87. The van der Waals surface area contributed by atoms with Gasteiger partial charge in [0.15, 0.2) is 0 Å². The summed E-state index contributed by atoms with van der Waals surface area (Å²) in [5.41, 5.74) is 1.37. The van der Waals surface area contributed by atoms with Gasteiger partial charge in [-0.2, -0.15) is 5.10 Å². The number of nitrogens with zero attached hydrogens (tertiary/aromatic N) is 2. The van der Waals surface area contributed by atoms with E-state index in [1.54, 1.807) is 0 Å². The molecule has 0 radical (unpaired) electrons. The number of carbonyl (C=O) groups is 1. The van der Waals surface area contributed by atoms with Gasteiger partial charge in [-0.05, 0) is 25.3 Å². The molecule has 1 aliphatic carbocycles. The highest BCUT2D eigenvalue weighted by molar-refractivity contribution is 5.93. The average molecular weight is 319 g/mol. The first-order valence-electron chi connectivity index (χ1n) is 8.81. The SMILES string of the molecule is O=C(c1cc(C2CCCCC2)[nH]n1)N1CCOCC12CCOC2. The predicted octanol–water partition coefficient (Wildman–Crippen LogP) is 2.09. The second-order valence-electron chi connectivity index (χ2n) is 7.08. The van der Waals surface area contributed by atoms with Crippen molar-refractivity contribution in [2.75, 3.05) is 33.0 Å². The maximum atomic E-state index is 13.0. The topological polar surface area (TPSA) is 67.5 Å². The summed E-state index contributed by atoms with van der Waals surface area (Å²) in [5.74, 6) is 0.545. The summed E-state index contributed by atoms with van der Waals surface area (Å²) < 4.78 is 11.2. The van der Waals surface area contributed by atoms with E-state index in [4.69, 9.17) is 9.47 Å². The zero-order valence-electron chi connectivity index (χ0n) is 13.6. The molecule has 1 atom stereocenters. The monoisotopic (exact) mass is 319 g/mol. The van der Waals surface area contributed by atoms with Gasteiger partial charge in [-0.1, -0.05) is 19.3 Å². The molecule has 0 bridgehead atoms. The van der Waals surface area contributed by atoms with E-state index in [0.717, 1.165) is 12.1 Å². The van der Waals surface area contributed by atoms with Crippen LogP contribution in [0.4, 0.5) is 0 Å². The van der Waals surface area contributed by atoms with Gasteiger partial charge in [0.25, 0.3) is 5.91 Å². The number of hydrogen-bond donors (Lipinski definition) is 1. The molecular formula is C17H25N3O3. The molecule has 1 amide bonds. The second kappa shape index (κ2) is 6.24. The Morgan fingerprint density at radius 1 is 1.22 bits per heavy atom. The molecule has 3 heterocycles. The Morgan fingerprint density at radius 3 is 2.78 bits per heavy atom. The van der Waals surface area contributed by atoms with Crippen molar-refractivity contribution in [2.24, 2.45) is 0 Å². The van der Waals surface area contributed by atoms with E-state index in [2.05, 4.69) is 10.2 Å². The van der Waals surface area contributed by atoms with E-state index in [9.17, 15) is 4.79 Å². The smallest absolute Gasteiger partial charge is 0.275 e. The summed E-state index contributed by atoms with van der Waals surface area (Å²) >= 11 is 0. The first-order chi connectivity index (χ1) is 11.3. The molecule has 6 nitrogen and oxygen atoms in total. The summed E-state index contributed by atoms with van der Waals surface area (Å²) in [5, 5.41) is 7.44. The normalized spacial score (nSPS) is 29.3. The van der Waals surface area contributed by atoms with Gasteiger partial charge in [-0.15, -0.1) is 0 Å². The molecule has 3 aliphatic rings. The number of amides is 1. The number of nitrogens with one attached hydrogen (secondary N) is 1. The van der Waals surface area contributed by atoms with Crippen LogP contribution in [0.2, 0.25) is 0 Å². The molecular weight excluding hydrogens is 294 g/mol. The lowest BCUT2D eigenvalue weighted by Crippen LogP contribution is -2.59.